The van der Waals surface area contributed by atoms with Crippen LogP contribution in [0.15, 0.2) is 70.0 Å². The number of halogens is 3. The molecule has 0 aromatic heterocycles. The summed E-state index contributed by atoms with van der Waals surface area (Å²) in [6, 6.07) is 8.32. The number of benzene rings is 2. The molecule has 238 valence electrons. The average molecular weight is 675 g/mol. The van der Waals surface area contributed by atoms with Crippen molar-refractivity contribution in [3.63, 3.8) is 0 Å². The fraction of sp³-hybridized carbons (Fsp3) is 0.441. The second kappa shape index (κ2) is 11.2. The summed E-state index contributed by atoms with van der Waals surface area (Å²) in [6.45, 7) is 3.54. The fourth-order valence-corrected chi connectivity index (χ4v) is 11.0. The number of aromatic carboxylic acids is 1. The third-order valence-electron chi connectivity index (χ3n) is 11.2. The number of thioether (sulfide) groups is 1. The molecule has 45 heavy (non-hydrogen) atoms. The Morgan fingerprint density at radius 3 is 2.49 bits per heavy atom. The first-order valence-electron chi connectivity index (χ1n) is 14.8. The lowest BCUT2D eigenvalue weighted by molar-refractivity contribution is -0.197. The third-order valence-corrected chi connectivity index (χ3v) is 13.2. The molecular formula is C34H33ClF2O6S2. The molecule has 4 aliphatic rings. The zero-order valence-corrected chi connectivity index (χ0v) is 27.1. The lowest BCUT2D eigenvalue weighted by Crippen LogP contribution is -2.68. The van der Waals surface area contributed by atoms with Gasteiger partial charge < -0.3 is 15.3 Å². The number of aromatic hydroxyl groups is 1. The molecule has 3 saturated carbocycles. The Morgan fingerprint density at radius 1 is 1.09 bits per heavy atom. The van der Waals surface area contributed by atoms with Crippen LogP contribution in [0.2, 0.25) is 5.02 Å². The first-order valence-corrected chi connectivity index (χ1v) is 17.0. The number of allylic oxidation sites excluding steroid dienone is 4. The largest absolute Gasteiger partial charge is 0.506 e. The molecule has 3 unspecified atom stereocenters. The molecule has 3 N–H and O–H groups in total. The Labute approximate surface area is 273 Å². The van der Waals surface area contributed by atoms with Crippen molar-refractivity contribution in [1.29, 1.82) is 0 Å². The molecule has 0 radical (unpaired) electrons. The van der Waals surface area contributed by atoms with E-state index in [1.807, 2.05) is 6.92 Å². The van der Waals surface area contributed by atoms with E-state index in [0.717, 1.165) is 0 Å². The zero-order valence-electron chi connectivity index (χ0n) is 24.7. The number of carbonyl (C=O) groups is 3. The number of phenolic OH excluding ortho intramolecular Hbond substituents is 1. The van der Waals surface area contributed by atoms with Gasteiger partial charge in [0.1, 0.15) is 11.8 Å². The molecule has 0 amide bonds. The van der Waals surface area contributed by atoms with Gasteiger partial charge in [-0.15, -0.1) is 0 Å². The standard InChI is InChI=1S/C34H33ClF2O6S2/c1-31-11-9-19(38)13-18(31)3-7-24-23-10-12-33(30(43)44-17-36,32(23,2)16-28(40)34(24,31)37)25-14-20(4-6-22(25)29(41)42)45-21-5-8-27(39)26(35)15-21/h4-6,8-9,11,13-15,23-24,28,39-40H,3,7,10,12,16-17H2,1-2H3,(H,41,42)/t23?,24?,28-,31-,32-,33-,34?/m0/s1. The minimum Gasteiger partial charge on any atom is -0.506 e. The maximum atomic E-state index is 17.7. The first kappa shape index (κ1) is 32.3. The van der Waals surface area contributed by atoms with E-state index < -0.39 is 56.9 Å². The summed E-state index contributed by atoms with van der Waals surface area (Å²) in [4.78, 5) is 40.4. The van der Waals surface area contributed by atoms with Crippen molar-refractivity contribution < 1.29 is 38.5 Å². The van der Waals surface area contributed by atoms with Gasteiger partial charge in [0.15, 0.2) is 11.5 Å². The fourth-order valence-electron chi connectivity index (χ4n) is 9.11. The van der Waals surface area contributed by atoms with E-state index in [1.54, 1.807) is 37.3 Å². The van der Waals surface area contributed by atoms with Crippen molar-refractivity contribution in [2.45, 2.75) is 72.9 Å². The van der Waals surface area contributed by atoms with E-state index in [1.165, 1.54) is 36.0 Å². The van der Waals surface area contributed by atoms with E-state index in [9.17, 15) is 34.1 Å². The number of alkyl halides is 2. The molecule has 0 spiro atoms. The Morgan fingerprint density at radius 2 is 1.80 bits per heavy atom. The van der Waals surface area contributed by atoms with Crippen LogP contribution in [0.1, 0.15) is 61.9 Å². The number of rotatable bonds is 6. The van der Waals surface area contributed by atoms with Gasteiger partial charge in [-0.05, 0) is 104 Å². The lowest BCUT2D eigenvalue weighted by atomic mass is 9.43. The Hall–Kier alpha value is -2.66. The highest BCUT2D eigenvalue weighted by Gasteiger charge is 2.74. The highest BCUT2D eigenvalue weighted by atomic mass is 35.5. The van der Waals surface area contributed by atoms with Crippen molar-refractivity contribution >= 4 is 52.0 Å². The predicted octanol–water partition coefficient (Wildman–Crippen LogP) is 7.69. The topological polar surface area (TPSA) is 112 Å². The van der Waals surface area contributed by atoms with Crippen molar-refractivity contribution in [2.75, 3.05) is 6.01 Å². The van der Waals surface area contributed by atoms with Gasteiger partial charge in [0.25, 0.3) is 0 Å². The Balaban J connectivity index is 1.50. The van der Waals surface area contributed by atoms with Gasteiger partial charge in [-0.3, -0.25) is 9.59 Å². The maximum absolute atomic E-state index is 17.7. The van der Waals surface area contributed by atoms with Crippen LogP contribution in [-0.4, -0.2) is 50.0 Å². The van der Waals surface area contributed by atoms with Crippen LogP contribution in [0.5, 0.6) is 5.75 Å². The number of fused-ring (bicyclic) bond motifs is 5. The molecular weight excluding hydrogens is 642 g/mol. The van der Waals surface area contributed by atoms with Crippen molar-refractivity contribution in [3.05, 3.63) is 76.3 Å². The predicted molar refractivity (Wildman–Crippen MR) is 169 cm³/mol. The second-order valence-corrected chi connectivity index (χ2v) is 15.4. The second-order valence-electron chi connectivity index (χ2n) is 13.0. The van der Waals surface area contributed by atoms with Crippen LogP contribution in [0.4, 0.5) is 8.78 Å². The SMILES string of the molecule is C[C@]12C=CC(=O)C=C1CCC1C3CC[C@@](C(=O)SCF)(c4cc(Sc5ccc(O)c(Cl)c5)ccc4C(=O)O)[C@@]3(C)C[C@H](O)C12F. The molecule has 0 aliphatic heterocycles. The molecule has 11 heteroatoms. The smallest absolute Gasteiger partial charge is 0.335 e. The number of phenols is 1. The number of ketones is 1. The van der Waals surface area contributed by atoms with E-state index in [2.05, 4.69) is 0 Å². The van der Waals surface area contributed by atoms with E-state index >= 15 is 4.39 Å². The molecule has 6 nitrogen and oxygen atoms in total. The van der Waals surface area contributed by atoms with Crippen molar-refractivity contribution in [2.24, 2.45) is 22.7 Å². The first-order chi connectivity index (χ1) is 21.2. The maximum Gasteiger partial charge on any atom is 0.335 e. The van der Waals surface area contributed by atoms with Crippen LogP contribution in [0, 0.1) is 22.7 Å². The zero-order chi connectivity index (χ0) is 32.5. The summed E-state index contributed by atoms with van der Waals surface area (Å²) in [5.74, 6) is -2.70. The molecule has 2 aromatic carbocycles. The normalized spacial score (nSPS) is 35.3. The lowest BCUT2D eigenvalue weighted by Gasteiger charge is -2.63. The monoisotopic (exact) mass is 674 g/mol. The quantitative estimate of drug-likeness (QED) is 0.286. The summed E-state index contributed by atoms with van der Waals surface area (Å²) in [5.41, 5.74) is -5.27. The van der Waals surface area contributed by atoms with Gasteiger partial charge in [-0.25, -0.2) is 13.6 Å². The number of hydrogen-bond acceptors (Lipinski definition) is 7. The van der Waals surface area contributed by atoms with Gasteiger partial charge in [0.05, 0.1) is 22.1 Å². The van der Waals surface area contributed by atoms with Crippen molar-refractivity contribution in [3.8, 4) is 5.75 Å². The highest BCUT2D eigenvalue weighted by Crippen LogP contribution is 2.72. The van der Waals surface area contributed by atoms with Gasteiger partial charge in [-0.2, -0.15) is 0 Å². The molecule has 0 saturated heterocycles. The van der Waals surface area contributed by atoms with Crippen molar-refractivity contribution in [1.82, 2.24) is 0 Å². The summed E-state index contributed by atoms with van der Waals surface area (Å²) in [6.07, 6.45) is 4.00. The van der Waals surface area contributed by atoms with Crippen LogP contribution in [0.25, 0.3) is 0 Å². The molecule has 2 aromatic rings. The summed E-state index contributed by atoms with van der Waals surface area (Å²) < 4.78 is 31.7. The molecule has 0 bridgehead atoms. The molecule has 7 atom stereocenters. The Kier molecular flexibility index (Phi) is 8.07. The van der Waals surface area contributed by atoms with Gasteiger partial charge in [-0.1, -0.05) is 53.7 Å². The van der Waals surface area contributed by atoms with Gasteiger partial charge >= 0.3 is 5.97 Å². The number of carboxylic acid groups (broad SMARTS) is 1. The molecule has 0 heterocycles. The molecule has 4 aliphatic carbocycles. The minimum absolute atomic E-state index is 0.0880. The average Bonchev–Trinajstić information content (AvgIpc) is 3.29. The van der Waals surface area contributed by atoms with Crippen LogP contribution in [0.3, 0.4) is 0 Å². The highest BCUT2D eigenvalue weighted by molar-refractivity contribution is 8.13. The van der Waals surface area contributed by atoms with E-state index in [0.29, 0.717) is 46.4 Å². The number of aliphatic hydroxyl groups excluding tert-OH is 1. The molecule has 3 fully saturated rings. The number of carbonyl (C=O) groups excluding carboxylic acids is 2. The number of aliphatic hydroxyl groups is 1. The minimum atomic E-state index is -2.13. The van der Waals surface area contributed by atoms with Gasteiger partial charge in [0, 0.05) is 21.1 Å². The van der Waals surface area contributed by atoms with Crippen LogP contribution < -0.4 is 0 Å². The summed E-state index contributed by atoms with van der Waals surface area (Å²) in [7, 11) is 0. The number of hydrogen-bond donors (Lipinski definition) is 3. The van der Waals surface area contributed by atoms with E-state index in [-0.39, 0.29) is 40.5 Å². The van der Waals surface area contributed by atoms with Crippen LogP contribution in [-0.2, 0) is 15.0 Å². The van der Waals surface area contributed by atoms with E-state index in [4.69, 9.17) is 11.6 Å². The van der Waals surface area contributed by atoms with Crippen LogP contribution >= 0.6 is 35.1 Å². The summed E-state index contributed by atoms with van der Waals surface area (Å²) in [5, 5.41) is 31.6. The summed E-state index contributed by atoms with van der Waals surface area (Å²) >= 11 is 7.84. The third kappa shape index (κ3) is 4.57. The Bertz CT molecular complexity index is 1680. The molecule has 6 rings (SSSR count). The number of carboxylic acids is 1. The van der Waals surface area contributed by atoms with Gasteiger partial charge in [0.2, 0.25) is 5.12 Å².